The molecule has 23 heavy (non-hydrogen) atoms. The van der Waals surface area contributed by atoms with E-state index in [-0.39, 0.29) is 5.69 Å². The van der Waals surface area contributed by atoms with E-state index >= 15 is 0 Å². The van der Waals surface area contributed by atoms with Crippen LogP contribution in [-0.4, -0.2) is 35.7 Å². The van der Waals surface area contributed by atoms with Crippen molar-refractivity contribution in [3.8, 4) is 11.6 Å². The summed E-state index contributed by atoms with van der Waals surface area (Å²) in [6.07, 6.45) is 3.29. The molecule has 8 nitrogen and oxygen atoms in total. The Balaban J connectivity index is 2.04. The van der Waals surface area contributed by atoms with Crippen LogP contribution in [0.2, 0.25) is 0 Å². The molecule has 0 saturated heterocycles. The maximum Gasteiger partial charge on any atom is 0.333 e. The Kier molecular flexibility index (Phi) is 2.90. The third-order valence-corrected chi connectivity index (χ3v) is 3.61. The number of imidazole rings is 2. The minimum Gasteiger partial charge on any atom is -0.491 e. The molecule has 0 aliphatic heterocycles. The summed E-state index contributed by atoms with van der Waals surface area (Å²) < 4.78 is 8.90. The van der Waals surface area contributed by atoms with Crippen molar-refractivity contribution in [3.05, 3.63) is 41.2 Å². The summed E-state index contributed by atoms with van der Waals surface area (Å²) in [4.78, 5) is 28.1. The van der Waals surface area contributed by atoms with Crippen molar-refractivity contribution < 1.29 is 4.74 Å². The molecule has 0 fully saturated rings. The molecule has 116 valence electrons. The van der Waals surface area contributed by atoms with Crippen molar-refractivity contribution >= 4 is 22.3 Å². The average molecular weight is 310 g/mol. The van der Waals surface area contributed by atoms with Crippen LogP contribution in [0.1, 0.15) is 6.92 Å². The van der Waals surface area contributed by atoms with Gasteiger partial charge in [0.15, 0.2) is 11.3 Å². The van der Waals surface area contributed by atoms with Crippen molar-refractivity contribution in [3.63, 3.8) is 0 Å². The molecule has 4 aromatic rings. The van der Waals surface area contributed by atoms with Gasteiger partial charge in [-0.05, 0) is 19.1 Å². The Bertz CT molecular complexity index is 1070. The van der Waals surface area contributed by atoms with Gasteiger partial charge in [-0.15, -0.1) is 0 Å². The first-order chi connectivity index (χ1) is 11.2. The second-order valence-corrected chi connectivity index (χ2v) is 5.07. The Morgan fingerprint density at radius 1 is 1.26 bits per heavy atom. The zero-order valence-electron chi connectivity index (χ0n) is 12.6. The molecule has 0 radical (unpaired) electrons. The zero-order valence-corrected chi connectivity index (χ0v) is 12.6. The summed E-state index contributed by atoms with van der Waals surface area (Å²) in [7, 11) is 1.86. The Hall–Kier alpha value is -3.16. The molecule has 0 aliphatic rings. The van der Waals surface area contributed by atoms with Crippen LogP contribution >= 0.6 is 0 Å². The van der Waals surface area contributed by atoms with E-state index < -0.39 is 0 Å². The van der Waals surface area contributed by atoms with Gasteiger partial charge >= 0.3 is 5.69 Å². The van der Waals surface area contributed by atoms with Crippen LogP contribution in [0, 0.1) is 0 Å². The van der Waals surface area contributed by atoms with Crippen LogP contribution in [0.25, 0.3) is 28.1 Å². The normalized spacial score (nSPS) is 11.4. The van der Waals surface area contributed by atoms with Crippen molar-refractivity contribution in [1.29, 1.82) is 0 Å². The van der Waals surface area contributed by atoms with Gasteiger partial charge in [-0.25, -0.2) is 24.3 Å². The van der Waals surface area contributed by atoms with Gasteiger partial charge in [-0.2, -0.15) is 0 Å². The topological polar surface area (TPSA) is 90.6 Å². The lowest BCUT2D eigenvalue weighted by Gasteiger charge is -2.07. The fraction of sp³-hybridized carbons (Fsp3) is 0.200. The number of ether oxygens (including phenoxy) is 1. The summed E-state index contributed by atoms with van der Waals surface area (Å²) in [6, 6.07) is 5.32. The standard InChI is InChI=1S/C15H14N6O2/c1-3-23-10-6-7-16-13-12(10)21(15(22)19-13)11-5-4-9-14(18-11)20(2)8-17-9/h4-8H,3H2,1-2H3,(H,16,19,22). The molecule has 0 aromatic carbocycles. The highest BCUT2D eigenvalue weighted by Crippen LogP contribution is 2.24. The predicted octanol–water partition coefficient (Wildman–Crippen LogP) is 1.39. The number of aromatic nitrogens is 6. The maximum atomic E-state index is 12.4. The van der Waals surface area contributed by atoms with E-state index in [4.69, 9.17) is 4.74 Å². The number of nitrogens with zero attached hydrogens (tertiary/aromatic N) is 5. The summed E-state index contributed by atoms with van der Waals surface area (Å²) in [5.74, 6) is 1.08. The highest BCUT2D eigenvalue weighted by Gasteiger charge is 2.16. The van der Waals surface area contributed by atoms with Crippen LogP contribution in [0.5, 0.6) is 5.75 Å². The van der Waals surface area contributed by atoms with E-state index in [1.807, 2.05) is 20.0 Å². The van der Waals surface area contributed by atoms with Crippen molar-refractivity contribution in [2.45, 2.75) is 6.92 Å². The zero-order chi connectivity index (χ0) is 16.0. The van der Waals surface area contributed by atoms with Gasteiger partial charge < -0.3 is 9.30 Å². The lowest BCUT2D eigenvalue weighted by molar-refractivity contribution is 0.343. The summed E-state index contributed by atoms with van der Waals surface area (Å²) in [5, 5.41) is 0. The SMILES string of the molecule is CCOc1ccnc2[nH]c(=O)n(-c3ccc4ncn(C)c4n3)c12. The van der Waals surface area contributed by atoms with Gasteiger partial charge in [0.05, 0.1) is 12.9 Å². The highest BCUT2D eigenvalue weighted by atomic mass is 16.5. The monoisotopic (exact) mass is 310 g/mol. The minimum atomic E-state index is -0.311. The maximum absolute atomic E-state index is 12.4. The van der Waals surface area contributed by atoms with E-state index in [1.54, 1.807) is 29.2 Å². The first kappa shape index (κ1) is 13.5. The molecular weight excluding hydrogens is 296 g/mol. The average Bonchev–Trinajstić information content (AvgIpc) is 3.08. The number of H-pyrrole nitrogens is 1. The van der Waals surface area contributed by atoms with Crippen LogP contribution in [0.4, 0.5) is 0 Å². The third kappa shape index (κ3) is 1.99. The van der Waals surface area contributed by atoms with E-state index in [0.29, 0.717) is 35.0 Å². The number of aryl methyl sites for hydroxylation is 1. The number of pyridine rings is 2. The minimum absolute atomic E-state index is 0.311. The molecule has 0 saturated carbocycles. The van der Waals surface area contributed by atoms with Gasteiger partial charge in [0.1, 0.15) is 22.6 Å². The quantitative estimate of drug-likeness (QED) is 0.617. The molecule has 0 amide bonds. The molecule has 4 heterocycles. The molecule has 0 atom stereocenters. The first-order valence-corrected chi connectivity index (χ1v) is 7.20. The molecule has 1 N–H and O–H groups in total. The fourth-order valence-corrected chi connectivity index (χ4v) is 2.61. The van der Waals surface area contributed by atoms with Crippen LogP contribution < -0.4 is 10.4 Å². The Morgan fingerprint density at radius 3 is 2.96 bits per heavy atom. The largest absolute Gasteiger partial charge is 0.491 e. The smallest absolute Gasteiger partial charge is 0.333 e. The first-order valence-electron chi connectivity index (χ1n) is 7.20. The Morgan fingerprint density at radius 2 is 2.13 bits per heavy atom. The van der Waals surface area contributed by atoms with E-state index in [1.165, 1.54) is 4.57 Å². The predicted molar refractivity (Wildman–Crippen MR) is 84.9 cm³/mol. The molecule has 0 unspecified atom stereocenters. The number of aromatic amines is 1. The number of rotatable bonds is 3. The highest BCUT2D eigenvalue weighted by molar-refractivity contribution is 5.80. The lowest BCUT2D eigenvalue weighted by atomic mass is 10.3. The van der Waals surface area contributed by atoms with Gasteiger partial charge in [0.2, 0.25) is 0 Å². The van der Waals surface area contributed by atoms with Crippen LogP contribution in [0.3, 0.4) is 0 Å². The van der Waals surface area contributed by atoms with Gasteiger partial charge in [0.25, 0.3) is 0 Å². The molecule has 4 aromatic heterocycles. The second-order valence-electron chi connectivity index (χ2n) is 5.07. The summed E-state index contributed by atoms with van der Waals surface area (Å²) >= 11 is 0. The van der Waals surface area contributed by atoms with Gasteiger partial charge in [0, 0.05) is 19.3 Å². The number of hydrogen-bond acceptors (Lipinski definition) is 5. The van der Waals surface area contributed by atoms with Crippen molar-refractivity contribution in [2.75, 3.05) is 6.61 Å². The Labute approximate surface area is 130 Å². The summed E-state index contributed by atoms with van der Waals surface area (Å²) in [6.45, 7) is 2.38. The van der Waals surface area contributed by atoms with Crippen LogP contribution in [-0.2, 0) is 7.05 Å². The molecule has 0 spiro atoms. The third-order valence-electron chi connectivity index (χ3n) is 3.61. The molecule has 4 rings (SSSR count). The molecular formula is C15H14N6O2. The summed E-state index contributed by atoms with van der Waals surface area (Å²) in [5.41, 5.74) is 2.20. The van der Waals surface area contributed by atoms with Crippen molar-refractivity contribution in [1.82, 2.24) is 29.1 Å². The fourth-order valence-electron chi connectivity index (χ4n) is 2.61. The number of fused-ring (bicyclic) bond motifs is 2. The lowest BCUT2D eigenvalue weighted by Crippen LogP contribution is -2.16. The number of nitrogens with one attached hydrogen (secondary N) is 1. The van der Waals surface area contributed by atoms with E-state index in [0.717, 1.165) is 5.52 Å². The van der Waals surface area contributed by atoms with E-state index in [9.17, 15) is 4.79 Å². The number of hydrogen-bond donors (Lipinski definition) is 1. The van der Waals surface area contributed by atoms with Gasteiger partial charge in [-0.3, -0.25) is 4.98 Å². The van der Waals surface area contributed by atoms with Crippen LogP contribution in [0.15, 0.2) is 35.5 Å². The second kappa shape index (κ2) is 4.94. The molecule has 0 aliphatic carbocycles. The molecule has 0 bridgehead atoms. The van der Waals surface area contributed by atoms with Crippen molar-refractivity contribution in [2.24, 2.45) is 7.05 Å². The van der Waals surface area contributed by atoms with E-state index in [2.05, 4.69) is 19.9 Å². The van der Waals surface area contributed by atoms with Gasteiger partial charge in [-0.1, -0.05) is 0 Å². The molecule has 8 heteroatoms.